The minimum absolute atomic E-state index is 0.0896. The van der Waals surface area contributed by atoms with Crippen LogP contribution in [0.3, 0.4) is 0 Å². The summed E-state index contributed by atoms with van der Waals surface area (Å²) in [5, 5.41) is 2.86. The third-order valence-corrected chi connectivity index (χ3v) is 4.22. The molecule has 2 aromatic rings. The van der Waals surface area contributed by atoms with Gasteiger partial charge in [0.05, 0.1) is 26.5 Å². The first-order valence-corrected chi connectivity index (χ1v) is 9.08. The SMILES string of the molecule is COc1ccc(OC)c(NC(=O)CCCOc2ccc(C(C)(C)C)cc2)c1. The molecule has 0 radical (unpaired) electrons. The molecule has 0 fully saturated rings. The maximum atomic E-state index is 12.2. The lowest BCUT2D eigenvalue weighted by atomic mass is 9.87. The number of hydrogen-bond acceptors (Lipinski definition) is 4. The molecule has 0 atom stereocenters. The molecular formula is C22H29NO4. The van der Waals surface area contributed by atoms with Crippen LogP contribution in [0.2, 0.25) is 0 Å². The summed E-state index contributed by atoms with van der Waals surface area (Å²) in [5.41, 5.74) is 1.99. The Morgan fingerprint density at radius 3 is 2.22 bits per heavy atom. The summed E-state index contributed by atoms with van der Waals surface area (Å²) >= 11 is 0. The van der Waals surface area contributed by atoms with Crippen LogP contribution in [0, 0.1) is 0 Å². The molecule has 0 spiro atoms. The molecule has 2 aromatic carbocycles. The zero-order valence-corrected chi connectivity index (χ0v) is 16.8. The minimum atomic E-state index is -0.0896. The molecule has 0 aliphatic carbocycles. The van der Waals surface area contributed by atoms with Crippen molar-refractivity contribution < 1.29 is 19.0 Å². The van der Waals surface area contributed by atoms with Crippen LogP contribution >= 0.6 is 0 Å². The standard InChI is InChI=1S/C22H29NO4/c1-22(2,3)16-8-10-17(11-9-16)27-14-6-7-21(24)23-19-15-18(25-4)12-13-20(19)26-5/h8-13,15H,6-7,14H2,1-5H3,(H,23,24). The van der Waals surface area contributed by atoms with Crippen molar-refractivity contribution in [2.75, 3.05) is 26.1 Å². The number of ether oxygens (including phenoxy) is 3. The molecule has 0 heterocycles. The first-order chi connectivity index (χ1) is 12.8. The second-order valence-corrected chi connectivity index (χ2v) is 7.34. The maximum Gasteiger partial charge on any atom is 0.224 e. The predicted octanol–water partition coefficient (Wildman–Crippen LogP) is 4.80. The van der Waals surface area contributed by atoms with Gasteiger partial charge in [0.2, 0.25) is 5.91 Å². The number of amides is 1. The van der Waals surface area contributed by atoms with E-state index in [1.54, 1.807) is 32.4 Å². The Labute approximate surface area is 161 Å². The van der Waals surface area contributed by atoms with Crippen LogP contribution in [0.4, 0.5) is 5.69 Å². The molecule has 0 bridgehead atoms. The summed E-state index contributed by atoms with van der Waals surface area (Å²) < 4.78 is 16.2. The molecule has 5 nitrogen and oxygen atoms in total. The Morgan fingerprint density at radius 2 is 1.63 bits per heavy atom. The van der Waals surface area contributed by atoms with Gasteiger partial charge < -0.3 is 19.5 Å². The van der Waals surface area contributed by atoms with Crippen LogP contribution in [0.15, 0.2) is 42.5 Å². The van der Waals surface area contributed by atoms with Crippen LogP contribution in [-0.4, -0.2) is 26.7 Å². The Morgan fingerprint density at radius 1 is 0.963 bits per heavy atom. The van der Waals surface area contributed by atoms with Crippen molar-refractivity contribution in [2.45, 2.75) is 39.0 Å². The van der Waals surface area contributed by atoms with Crippen LogP contribution in [0.1, 0.15) is 39.2 Å². The van der Waals surface area contributed by atoms with Crippen molar-refractivity contribution in [3.8, 4) is 17.2 Å². The van der Waals surface area contributed by atoms with Gasteiger partial charge >= 0.3 is 0 Å². The van der Waals surface area contributed by atoms with Crippen molar-refractivity contribution in [3.05, 3.63) is 48.0 Å². The van der Waals surface area contributed by atoms with Crippen LogP contribution in [0.25, 0.3) is 0 Å². The number of carbonyl (C=O) groups excluding carboxylic acids is 1. The fourth-order valence-electron chi connectivity index (χ4n) is 2.60. The van der Waals surface area contributed by atoms with E-state index in [0.717, 1.165) is 5.75 Å². The fourth-order valence-corrected chi connectivity index (χ4v) is 2.60. The summed E-state index contributed by atoms with van der Waals surface area (Å²) in [6.45, 7) is 7.02. The van der Waals surface area contributed by atoms with Gasteiger partial charge in [0.1, 0.15) is 17.2 Å². The number of benzene rings is 2. The number of rotatable bonds is 8. The highest BCUT2D eigenvalue weighted by Crippen LogP contribution is 2.29. The van der Waals surface area contributed by atoms with Gasteiger partial charge in [0.15, 0.2) is 0 Å². The van der Waals surface area contributed by atoms with Crippen molar-refractivity contribution in [1.29, 1.82) is 0 Å². The number of anilines is 1. The zero-order valence-electron chi connectivity index (χ0n) is 16.8. The van der Waals surface area contributed by atoms with E-state index in [0.29, 0.717) is 36.6 Å². The van der Waals surface area contributed by atoms with Gasteiger partial charge in [-0.05, 0) is 41.7 Å². The van der Waals surface area contributed by atoms with E-state index in [9.17, 15) is 4.79 Å². The lowest BCUT2D eigenvalue weighted by molar-refractivity contribution is -0.116. The molecule has 2 rings (SSSR count). The second-order valence-electron chi connectivity index (χ2n) is 7.34. The van der Waals surface area contributed by atoms with E-state index in [2.05, 4.69) is 38.2 Å². The molecule has 5 heteroatoms. The van der Waals surface area contributed by atoms with Gasteiger partial charge in [-0.1, -0.05) is 32.9 Å². The Hall–Kier alpha value is -2.69. The summed E-state index contributed by atoms with van der Waals surface area (Å²) in [7, 11) is 3.15. The summed E-state index contributed by atoms with van der Waals surface area (Å²) in [6, 6.07) is 13.4. The molecule has 0 aliphatic heterocycles. The van der Waals surface area contributed by atoms with E-state index < -0.39 is 0 Å². The summed E-state index contributed by atoms with van der Waals surface area (Å²) in [5.74, 6) is 1.98. The van der Waals surface area contributed by atoms with Gasteiger partial charge in [0.25, 0.3) is 0 Å². The third kappa shape index (κ3) is 6.20. The molecule has 0 unspecified atom stereocenters. The molecule has 27 heavy (non-hydrogen) atoms. The highest BCUT2D eigenvalue weighted by atomic mass is 16.5. The quantitative estimate of drug-likeness (QED) is 0.677. The lowest BCUT2D eigenvalue weighted by Gasteiger charge is -2.19. The van der Waals surface area contributed by atoms with Gasteiger partial charge in [0, 0.05) is 12.5 Å². The summed E-state index contributed by atoms with van der Waals surface area (Å²) in [6.07, 6.45) is 0.986. The number of carbonyl (C=O) groups is 1. The van der Waals surface area contributed by atoms with Crippen molar-refractivity contribution in [3.63, 3.8) is 0 Å². The zero-order chi connectivity index (χ0) is 19.9. The average molecular weight is 371 g/mol. The smallest absolute Gasteiger partial charge is 0.224 e. The molecule has 0 saturated carbocycles. The van der Waals surface area contributed by atoms with Crippen LogP contribution in [-0.2, 0) is 10.2 Å². The van der Waals surface area contributed by atoms with Crippen molar-refractivity contribution in [2.24, 2.45) is 0 Å². The van der Waals surface area contributed by atoms with Crippen LogP contribution < -0.4 is 19.5 Å². The molecule has 1 N–H and O–H groups in total. The average Bonchev–Trinajstić information content (AvgIpc) is 2.65. The van der Waals surface area contributed by atoms with E-state index in [1.807, 2.05) is 12.1 Å². The van der Waals surface area contributed by atoms with E-state index in [1.165, 1.54) is 5.56 Å². The second kappa shape index (κ2) is 9.31. The topological polar surface area (TPSA) is 56.8 Å². The predicted molar refractivity (Wildman–Crippen MR) is 108 cm³/mol. The molecule has 0 saturated heterocycles. The third-order valence-electron chi connectivity index (χ3n) is 4.22. The number of nitrogens with one attached hydrogen (secondary N) is 1. The highest BCUT2D eigenvalue weighted by Gasteiger charge is 2.13. The van der Waals surface area contributed by atoms with Gasteiger partial charge in [-0.15, -0.1) is 0 Å². The van der Waals surface area contributed by atoms with Crippen molar-refractivity contribution in [1.82, 2.24) is 0 Å². The Balaban J connectivity index is 1.80. The van der Waals surface area contributed by atoms with E-state index >= 15 is 0 Å². The Bertz CT molecular complexity index is 748. The van der Waals surface area contributed by atoms with Gasteiger partial charge in [-0.25, -0.2) is 0 Å². The number of hydrogen-bond donors (Lipinski definition) is 1. The molecule has 146 valence electrons. The Kier molecular flexibility index (Phi) is 7.11. The molecule has 1 amide bonds. The molecular weight excluding hydrogens is 342 g/mol. The van der Waals surface area contributed by atoms with Gasteiger partial charge in [-0.2, -0.15) is 0 Å². The molecule has 0 aromatic heterocycles. The monoisotopic (exact) mass is 371 g/mol. The summed E-state index contributed by atoms with van der Waals surface area (Å²) in [4.78, 5) is 12.2. The van der Waals surface area contributed by atoms with E-state index in [-0.39, 0.29) is 11.3 Å². The largest absolute Gasteiger partial charge is 0.497 e. The van der Waals surface area contributed by atoms with E-state index in [4.69, 9.17) is 14.2 Å². The minimum Gasteiger partial charge on any atom is -0.497 e. The molecule has 0 aliphatic rings. The van der Waals surface area contributed by atoms with Gasteiger partial charge in [-0.3, -0.25) is 4.79 Å². The fraction of sp³-hybridized carbons (Fsp3) is 0.409. The van der Waals surface area contributed by atoms with Crippen molar-refractivity contribution >= 4 is 11.6 Å². The lowest BCUT2D eigenvalue weighted by Crippen LogP contribution is -2.13. The normalized spacial score (nSPS) is 11.0. The first-order valence-electron chi connectivity index (χ1n) is 9.08. The highest BCUT2D eigenvalue weighted by molar-refractivity contribution is 5.92. The van der Waals surface area contributed by atoms with Crippen LogP contribution in [0.5, 0.6) is 17.2 Å². The number of methoxy groups -OCH3 is 2. The maximum absolute atomic E-state index is 12.2. The first kappa shape index (κ1) is 20.6.